The molecule has 0 saturated carbocycles. The van der Waals surface area contributed by atoms with E-state index in [-0.39, 0.29) is 0 Å². The van der Waals surface area contributed by atoms with Crippen LogP contribution in [0.4, 0.5) is 39.5 Å². The third-order valence-corrected chi connectivity index (χ3v) is 5.05. The van der Waals surface area contributed by atoms with Gasteiger partial charge in [-0.25, -0.2) is 0 Å². The van der Waals surface area contributed by atoms with E-state index in [1.807, 2.05) is 0 Å². The largest absolute Gasteiger partial charge is 0.497 e. The first-order valence-electron chi connectivity index (χ1n) is 5.98. The summed E-state index contributed by atoms with van der Waals surface area (Å²) in [6, 6.07) is 0. The molecule has 0 aliphatic heterocycles. The fourth-order valence-corrected chi connectivity index (χ4v) is 2.08. The maximum atomic E-state index is 13.4. The molecule has 0 N–H and O–H groups in total. The van der Waals surface area contributed by atoms with E-state index < -0.39 is 52.2 Å². The molecule has 0 aromatic heterocycles. The van der Waals surface area contributed by atoms with E-state index >= 15 is 0 Å². The van der Waals surface area contributed by atoms with Gasteiger partial charge in [0.15, 0.2) is 0 Å². The van der Waals surface area contributed by atoms with Gasteiger partial charge in [-0.3, -0.25) is 0 Å². The molecule has 0 aromatic rings. The van der Waals surface area contributed by atoms with Gasteiger partial charge in [0.2, 0.25) is 0 Å². The second kappa shape index (κ2) is 7.15. The minimum Gasteiger partial charge on any atom is -0.377 e. The molecule has 0 aromatic carbocycles. The predicted octanol–water partition coefficient (Wildman–Crippen LogP) is 4.11. The van der Waals surface area contributed by atoms with Crippen molar-refractivity contribution in [2.75, 3.05) is 20.8 Å². The Labute approximate surface area is 127 Å². The molecule has 0 amide bonds. The molecule has 0 radical (unpaired) electrons. The first-order chi connectivity index (χ1) is 10.0. The van der Waals surface area contributed by atoms with Gasteiger partial charge in [0.25, 0.3) is 0 Å². The van der Waals surface area contributed by atoms with Crippen molar-refractivity contribution in [1.82, 2.24) is 0 Å². The minimum atomic E-state index is -6.05. The van der Waals surface area contributed by atoms with Crippen molar-refractivity contribution >= 4 is 8.80 Å². The van der Waals surface area contributed by atoms with E-state index in [9.17, 15) is 39.5 Å². The van der Waals surface area contributed by atoms with Gasteiger partial charge >= 0.3 is 32.7 Å². The molecule has 0 fully saturated rings. The monoisotopic (exact) mass is 382 g/mol. The maximum absolute atomic E-state index is 13.4. The predicted molar refractivity (Wildman–Crippen MR) is 61.7 cm³/mol. The fourth-order valence-electron chi connectivity index (χ4n) is 1.24. The van der Waals surface area contributed by atoms with E-state index in [4.69, 9.17) is 0 Å². The minimum absolute atomic E-state index is 0.962. The lowest BCUT2D eigenvalue weighted by atomic mass is 10.0. The van der Waals surface area contributed by atoms with Crippen LogP contribution in [-0.4, -0.2) is 53.6 Å². The van der Waals surface area contributed by atoms with Gasteiger partial charge in [0.05, 0.1) is 0 Å². The number of hydrogen-bond donors (Lipinski definition) is 0. The Morgan fingerprint density at radius 2 is 1.17 bits per heavy atom. The average molecular weight is 382 g/mol. The highest BCUT2D eigenvalue weighted by molar-refractivity contribution is 6.59. The molecular formula is C10H15F9O3Si. The molecule has 0 aliphatic rings. The molecule has 13 heteroatoms. The van der Waals surface area contributed by atoms with Crippen LogP contribution in [0.1, 0.15) is 12.8 Å². The topological polar surface area (TPSA) is 27.7 Å². The summed E-state index contributed by atoms with van der Waals surface area (Å²) in [5, 5.41) is 0. The Kier molecular flexibility index (Phi) is 6.98. The van der Waals surface area contributed by atoms with Crippen molar-refractivity contribution in [3.05, 3.63) is 0 Å². The van der Waals surface area contributed by atoms with Crippen molar-refractivity contribution in [3.63, 3.8) is 0 Å². The Bertz CT molecular complexity index is 382. The maximum Gasteiger partial charge on any atom is 0.497 e. The Hall–Kier alpha value is -0.533. The molecule has 0 unspecified atom stereocenters. The zero-order valence-electron chi connectivity index (χ0n) is 12.2. The van der Waals surface area contributed by atoms with Crippen molar-refractivity contribution in [3.8, 4) is 0 Å². The molecule has 0 rings (SSSR count). The Balaban J connectivity index is 5.13. The number of rotatable bonds is 9. The van der Waals surface area contributed by atoms with Crippen molar-refractivity contribution < 1.29 is 52.8 Å². The van der Waals surface area contributed by atoms with E-state index in [1.165, 1.54) is 0 Å². The second-order valence-electron chi connectivity index (χ2n) is 4.66. The summed E-state index contributed by atoms with van der Waals surface area (Å²) in [7, 11) is -1.81. The molecule has 3 nitrogen and oxygen atoms in total. The van der Waals surface area contributed by atoms with Crippen LogP contribution in [0.5, 0.6) is 0 Å². The summed E-state index contributed by atoms with van der Waals surface area (Å²) in [4.78, 5) is 0. The molecule has 140 valence electrons. The Morgan fingerprint density at radius 3 is 1.52 bits per heavy atom. The van der Waals surface area contributed by atoms with E-state index in [0.717, 1.165) is 20.8 Å². The number of halogens is 9. The van der Waals surface area contributed by atoms with Crippen molar-refractivity contribution in [2.24, 2.45) is 0 Å². The quantitative estimate of drug-likeness (QED) is 0.444. The summed E-state index contributed by atoms with van der Waals surface area (Å²) in [5.74, 6) is -17.1. The first-order valence-corrected chi connectivity index (χ1v) is 8.20. The van der Waals surface area contributed by atoms with Crippen LogP contribution in [0, 0.1) is 0 Å². The summed E-state index contributed by atoms with van der Waals surface area (Å²) in [6.45, 7) is -1.17. The fraction of sp³-hybridized carbons (Fsp3) is 1.00. The lowest BCUT2D eigenvalue weighted by Crippen LogP contribution is -2.58. The highest BCUT2D eigenvalue weighted by Gasteiger charge is 2.71. The zero-order valence-corrected chi connectivity index (χ0v) is 13.2. The van der Waals surface area contributed by atoms with Crippen LogP contribution >= 0.6 is 0 Å². The number of alkyl halides is 9. The van der Waals surface area contributed by atoms with Crippen LogP contribution in [0.3, 0.4) is 0 Å². The molecule has 0 saturated heterocycles. The lowest BCUT2D eigenvalue weighted by molar-refractivity contribution is -0.321. The molecular weight excluding hydrogens is 367 g/mol. The van der Waals surface area contributed by atoms with Crippen LogP contribution in [0.2, 0.25) is 6.55 Å². The van der Waals surface area contributed by atoms with Crippen molar-refractivity contribution in [1.29, 1.82) is 0 Å². The number of hydrogen-bond acceptors (Lipinski definition) is 3. The highest BCUT2D eigenvalue weighted by atomic mass is 28.4. The smallest absolute Gasteiger partial charge is 0.377 e. The SMILES string of the molecule is CO[Si](C)(OC)OCC(F)(F)C(F)(F)C(F)(F)CCC(F)(F)F. The third kappa shape index (κ3) is 5.80. The molecule has 0 heterocycles. The highest BCUT2D eigenvalue weighted by Crippen LogP contribution is 2.49. The Morgan fingerprint density at radius 1 is 0.739 bits per heavy atom. The average Bonchev–Trinajstić information content (AvgIpc) is 2.41. The normalized spacial score (nSPS) is 15.1. The lowest BCUT2D eigenvalue weighted by Gasteiger charge is -2.34. The summed E-state index contributed by atoms with van der Waals surface area (Å²) in [5.41, 5.74) is 0. The van der Waals surface area contributed by atoms with Gasteiger partial charge < -0.3 is 13.3 Å². The molecule has 0 spiro atoms. The van der Waals surface area contributed by atoms with E-state index in [0.29, 0.717) is 0 Å². The summed E-state index contributed by atoms with van der Waals surface area (Å²) >= 11 is 0. The van der Waals surface area contributed by atoms with E-state index in [2.05, 4.69) is 13.3 Å². The van der Waals surface area contributed by atoms with Gasteiger partial charge in [-0.2, -0.15) is 39.5 Å². The molecule has 0 bridgehead atoms. The standard InChI is InChI=1S/C10H15F9O3Si/c1-20-23(3,21-2)22-6-8(13,14)10(18,19)7(11,12)4-5-9(15,16)17/h4-6H2,1-3H3. The van der Waals surface area contributed by atoms with Crippen LogP contribution in [0.15, 0.2) is 0 Å². The second-order valence-corrected chi connectivity index (χ2v) is 7.49. The molecule has 0 aliphatic carbocycles. The van der Waals surface area contributed by atoms with Gasteiger partial charge in [-0.05, 0) is 0 Å². The zero-order chi connectivity index (χ0) is 18.7. The molecule has 23 heavy (non-hydrogen) atoms. The van der Waals surface area contributed by atoms with E-state index in [1.54, 1.807) is 0 Å². The van der Waals surface area contributed by atoms with Gasteiger partial charge in [0, 0.05) is 33.6 Å². The van der Waals surface area contributed by atoms with Gasteiger partial charge in [-0.1, -0.05) is 0 Å². The van der Waals surface area contributed by atoms with Crippen LogP contribution < -0.4 is 0 Å². The van der Waals surface area contributed by atoms with Crippen molar-refractivity contribution in [2.45, 2.75) is 43.3 Å². The summed E-state index contributed by atoms with van der Waals surface area (Å²) < 4.78 is 129. The third-order valence-electron chi connectivity index (χ3n) is 2.90. The molecule has 0 atom stereocenters. The van der Waals surface area contributed by atoms with Gasteiger partial charge in [-0.15, -0.1) is 0 Å². The summed E-state index contributed by atoms with van der Waals surface area (Å²) in [6.07, 6.45) is -10.0. The van der Waals surface area contributed by atoms with Crippen LogP contribution in [-0.2, 0) is 13.3 Å². The van der Waals surface area contributed by atoms with Crippen LogP contribution in [0.25, 0.3) is 0 Å². The first kappa shape index (κ1) is 22.5. The van der Waals surface area contributed by atoms with Gasteiger partial charge in [0.1, 0.15) is 6.61 Å².